The average Bonchev–Trinajstić information content (AvgIpc) is 2.93. The van der Waals surface area contributed by atoms with Crippen LogP contribution in [-0.4, -0.2) is 64.8 Å². The fraction of sp³-hybridized carbons (Fsp3) is 0.733. The fourth-order valence-electron chi connectivity index (χ4n) is 3.56. The van der Waals surface area contributed by atoms with Crippen LogP contribution in [-0.2, 0) is 11.8 Å². The normalized spacial score (nSPS) is 22.5. The summed E-state index contributed by atoms with van der Waals surface area (Å²) in [4.78, 5) is 17.4. The van der Waals surface area contributed by atoms with Gasteiger partial charge in [0, 0.05) is 44.5 Å². The first kappa shape index (κ1) is 20.2. The smallest absolute Gasteiger partial charge is 0.244 e. The van der Waals surface area contributed by atoms with E-state index in [0.717, 1.165) is 25.2 Å². The Morgan fingerprint density at radius 3 is 2.74 bits per heavy atom. The first-order valence-corrected chi connectivity index (χ1v) is 7.87. The Morgan fingerprint density at radius 1 is 1.30 bits per heavy atom. The van der Waals surface area contributed by atoms with E-state index in [-0.39, 0.29) is 36.8 Å². The summed E-state index contributed by atoms with van der Waals surface area (Å²) >= 11 is 0. The lowest BCUT2D eigenvalue weighted by atomic mass is 9.98. The second kappa shape index (κ2) is 8.87. The van der Waals surface area contributed by atoms with Crippen LogP contribution in [0.5, 0.6) is 0 Å². The third kappa shape index (κ3) is 4.38. The van der Waals surface area contributed by atoms with E-state index in [4.69, 9.17) is 0 Å². The largest absolute Gasteiger partial charge is 0.338 e. The van der Waals surface area contributed by atoms with Crippen LogP contribution in [0.25, 0.3) is 0 Å². The molecule has 132 valence electrons. The number of nitrogens with zero attached hydrogens (tertiary/aromatic N) is 4. The van der Waals surface area contributed by atoms with Gasteiger partial charge in [-0.2, -0.15) is 5.10 Å². The predicted molar refractivity (Wildman–Crippen MR) is 95.3 cm³/mol. The Hall–Kier alpha value is -0.820. The van der Waals surface area contributed by atoms with Gasteiger partial charge in [0.05, 0.1) is 6.20 Å². The summed E-state index contributed by atoms with van der Waals surface area (Å²) in [6.45, 7) is 3.93. The van der Waals surface area contributed by atoms with E-state index in [2.05, 4.69) is 15.3 Å². The molecule has 0 aliphatic carbocycles. The van der Waals surface area contributed by atoms with Gasteiger partial charge in [-0.3, -0.25) is 14.4 Å². The summed E-state index contributed by atoms with van der Waals surface area (Å²) < 4.78 is 1.74. The van der Waals surface area contributed by atoms with Gasteiger partial charge >= 0.3 is 0 Å². The number of carbonyl (C=O) groups excluding carboxylic acids is 1. The maximum atomic E-state index is 12.8. The quantitative estimate of drug-likeness (QED) is 0.877. The minimum absolute atomic E-state index is 0. The van der Waals surface area contributed by atoms with Crippen molar-refractivity contribution in [2.45, 2.75) is 31.3 Å². The van der Waals surface area contributed by atoms with Crippen LogP contribution in [0.3, 0.4) is 0 Å². The zero-order valence-corrected chi connectivity index (χ0v) is 15.4. The molecule has 3 heterocycles. The lowest BCUT2D eigenvalue weighted by molar-refractivity contribution is -0.137. The summed E-state index contributed by atoms with van der Waals surface area (Å²) in [5.41, 5.74) is 0.941. The van der Waals surface area contributed by atoms with Gasteiger partial charge in [-0.15, -0.1) is 24.8 Å². The van der Waals surface area contributed by atoms with Gasteiger partial charge in [-0.1, -0.05) is 6.42 Å². The summed E-state index contributed by atoms with van der Waals surface area (Å²) in [6, 6.07) is 0.275. The molecule has 3 rings (SSSR count). The standard InChI is InChI=1S/C15H25N5O.2ClH/c1-16-14(12-9-17-18(2)10-12)15(21)20-8-7-19-6-4-3-5-13(19)11-20;;/h9-10,13-14,16H,3-8,11H2,1-2H3;2*1H. The summed E-state index contributed by atoms with van der Waals surface area (Å²) in [5, 5.41) is 7.32. The van der Waals surface area contributed by atoms with Gasteiger partial charge in [0.25, 0.3) is 0 Å². The molecule has 2 atom stereocenters. The van der Waals surface area contributed by atoms with Crippen molar-refractivity contribution < 1.29 is 4.79 Å². The Labute approximate surface area is 150 Å². The number of hydrogen-bond acceptors (Lipinski definition) is 4. The number of aromatic nitrogens is 2. The first-order valence-electron chi connectivity index (χ1n) is 7.87. The summed E-state index contributed by atoms with van der Waals surface area (Å²) in [6.07, 6.45) is 7.51. The third-order valence-electron chi connectivity index (χ3n) is 4.74. The van der Waals surface area contributed by atoms with Gasteiger partial charge in [-0.25, -0.2) is 0 Å². The zero-order valence-electron chi connectivity index (χ0n) is 13.8. The molecule has 2 unspecified atom stereocenters. The monoisotopic (exact) mass is 363 g/mol. The fourth-order valence-corrected chi connectivity index (χ4v) is 3.56. The molecule has 1 aromatic heterocycles. The molecule has 2 aliphatic heterocycles. The molecule has 0 spiro atoms. The van der Waals surface area contributed by atoms with Gasteiger partial charge < -0.3 is 10.2 Å². The molecule has 0 aromatic carbocycles. The van der Waals surface area contributed by atoms with E-state index >= 15 is 0 Å². The van der Waals surface area contributed by atoms with Crippen LogP contribution in [0.4, 0.5) is 0 Å². The van der Waals surface area contributed by atoms with Crippen molar-refractivity contribution >= 4 is 30.7 Å². The lowest BCUT2D eigenvalue weighted by Crippen LogP contribution is -2.57. The molecule has 2 fully saturated rings. The molecular formula is C15H27Cl2N5O. The highest BCUT2D eigenvalue weighted by atomic mass is 35.5. The Balaban J connectivity index is 0.00000132. The van der Waals surface area contributed by atoms with Crippen molar-refractivity contribution in [1.82, 2.24) is 24.9 Å². The van der Waals surface area contributed by atoms with Crippen molar-refractivity contribution in [2.24, 2.45) is 7.05 Å². The van der Waals surface area contributed by atoms with Crippen LogP contribution in [0.2, 0.25) is 0 Å². The van der Waals surface area contributed by atoms with E-state index in [0.29, 0.717) is 6.04 Å². The molecule has 8 heteroatoms. The SMILES string of the molecule is CNC(C(=O)N1CCN2CCCCC2C1)c1cnn(C)c1.Cl.Cl. The number of likely N-dealkylation sites (N-methyl/N-ethyl adjacent to an activating group) is 1. The molecule has 1 N–H and O–H groups in total. The molecule has 6 nitrogen and oxygen atoms in total. The second-order valence-electron chi connectivity index (χ2n) is 6.14. The molecule has 1 aromatic rings. The van der Waals surface area contributed by atoms with E-state index in [1.165, 1.54) is 25.8 Å². The predicted octanol–water partition coefficient (Wildman–Crippen LogP) is 1.22. The zero-order chi connectivity index (χ0) is 14.8. The number of piperidine rings is 1. The highest BCUT2D eigenvalue weighted by Gasteiger charge is 2.34. The van der Waals surface area contributed by atoms with Crippen LogP contribution in [0, 0.1) is 0 Å². The van der Waals surface area contributed by atoms with E-state index in [9.17, 15) is 4.79 Å². The molecule has 0 radical (unpaired) electrons. The Bertz CT molecular complexity index is 510. The number of carbonyl (C=O) groups is 1. The summed E-state index contributed by atoms with van der Waals surface area (Å²) in [5.74, 6) is 0.177. The van der Waals surface area contributed by atoms with Crippen molar-refractivity contribution in [3.05, 3.63) is 18.0 Å². The van der Waals surface area contributed by atoms with E-state index in [1.807, 2.05) is 25.2 Å². The van der Waals surface area contributed by atoms with E-state index in [1.54, 1.807) is 10.9 Å². The van der Waals surface area contributed by atoms with Gasteiger partial charge in [0.15, 0.2) is 0 Å². The number of nitrogens with one attached hydrogen (secondary N) is 1. The first-order chi connectivity index (χ1) is 10.2. The number of halogens is 2. The second-order valence-corrected chi connectivity index (χ2v) is 6.14. The lowest BCUT2D eigenvalue weighted by Gasteiger charge is -2.44. The number of hydrogen-bond donors (Lipinski definition) is 1. The minimum Gasteiger partial charge on any atom is -0.338 e. The molecule has 2 aliphatic rings. The number of fused-ring (bicyclic) bond motifs is 1. The number of piperazine rings is 1. The van der Waals surface area contributed by atoms with Crippen molar-refractivity contribution in [1.29, 1.82) is 0 Å². The van der Waals surface area contributed by atoms with Crippen LogP contribution in [0.15, 0.2) is 12.4 Å². The van der Waals surface area contributed by atoms with Crippen LogP contribution < -0.4 is 5.32 Å². The Kier molecular flexibility index (Phi) is 7.80. The molecule has 1 amide bonds. The number of rotatable bonds is 3. The molecule has 0 bridgehead atoms. The molecule has 23 heavy (non-hydrogen) atoms. The van der Waals surface area contributed by atoms with Crippen molar-refractivity contribution in [3.8, 4) is 0 Å². The molecular weight excluding hydrogens is 337 g/mol. The number of amides is 1. The van der Waals surface area contributed by atoms with Gasteiger partial charge in [0.2, 0.25) is 5.91 Å². The number of aryl methyl sites for hydroxylation is 1. The van der Waals surface area contributed by atoms with Crippen LogP contribution >= 0.6 is 24.8 Å². The van der Waals surface area contributed by atoms with Gasteiger partial charge in [0.1, 0.15) is 6.04 Å². The van der Waals surface area contributed by atoms with Crippen LogP contribution in [0.1, 0.15) is 30.9 Å². The minimum atomic E-state index is -0.283. The average molecular weight is 364 g/mol. The van der Waals surface area contributed by atoms with Crippen molar-refractivity contribution in [2.75, 3.05) is 33.2 Å². The van der Waals surface area contributed by atoms with E-state index < -0.39 is 0 Å². The van der Waals surface area contributed by atoms with Crippen molar-refractivity contribution in [3.63, 3.8) is 0 Å². The highest BCUT2D eigenvalue weighted by Crippen LogP contribution is 2.23. The summed E-state index contributed by atoms with van der Waals surface area (Å²) in [7, 11) is 3.72. The molecule has 0 saturated carbocycles. The van der Waals surface area contributed by atoms with Gasteiger partial charge in [-0.05, 0) is 26.4 Å². The topological polar surface area (TPSA) is 53.4 Å². The maximum absolute atomic E-state index is 12.8. The third-order valence-corrected chi connectivity index (χ3v) is 4.74. The maximum Gasteiger partial charge on any atom is 0.244 e. The highest BCUT2D eigenvalue weighted by molar-refractivity contribution is 5.85. The molecule has 2 saturated heterocycles. The Morgan fingerprint density at radius 2 is 2.09 bits per heavy atom.